The molecule has 112 valence electrons. The fourth-order valence-corrected chi connectivity index (χ4v) is 3.12. The van der Waals surface area contributed by atoms with Gasteiger partial charge in [-0.2, -0.15) is 0 Å². The second-order valence-electron chi connectivity index (χ2n) is 4.43. The average molecular weight is 339 g/mol. The Bertz CT molecular complexity index is 605. The normalized spacial score (nSPS) is 13.1. The van der Waals surface area contributed by atoms with Crippen molar-refractivity contribution in [2.45, 2.75) is 19.9 Å². The number of aromatic nitrogens is 1. The van der Waals surface area contributed by atoms with Gasteiger partial charge in [-0.3, -0.25) is 4.79 Å². The summed E-state index contributed by atoms with van der Waals surface area (Å²) in [6.07, 6.45) is 1.38. The van der Waals surface area contributed by atoms with Crippen LogP contribution in [0.2, 0.25) is 10.2 Å². The molecule has 8 heteroatoms. The smallest absolute Gasteiger partial charge is 0.255 e. The topological polar surface area (TPSA) is 67.3 Å². The SMILES string of the molecule is CCS(=O)(=O)CC(C)N(C)C(=O)c1ccnc(Cl)c1Cl. The molecule has 1 aromatic rings. The number of sulfone groups is 1. The van der Waals surface area contributed by atoms with E-state index in [2.05, 4.69) is 4.98 Å². The molecular weight excluding hydrogens is 323 g/mol. The van der Waals surface area contributed by atoms with E-state index in [0.717, 1.165) is 0 Å². The van der Waals surface area contributed by atoms with Gasteiger partial charge < -0.3 is 4.90 Å². The van der Waals surface area contributed by atoms with Gasteiger partial charge in [-0.1, -0.05) is 30.1 Å². The first-order chi connectivity index (χ1) is 9.19. The van der Waals surface area contributed by atoms with Gasteiger partial charge in [0.15, 0.2) is 9.84 Å². The van der Waals surface area contributed by atoms with Crippen molar-refractivity contribution in [3.8, 4) is 0 Å². The summed E-state index contributed by atoms with van der Waals surface area (Å²) in [6, 6.07) is 0.990. The van der Waals surface area contributed by atoms with Crippen LogP contribution in [0.3, 0.4) is 0 Å². The Morgan fingerprint density at radius 1 is 1.45 bits per heavy atom. The third-order valence-electron chi connectivity index (χ3n) is 2.99. The monoisotopic (exact) mass is 338 g/mol. The fourth-order valence-electron chi connectivity index (χ4n) is 1.57. The van der Waals surface area contributed by atoms with Gasteiger partial charge in [-0.25, -0.2) is 13.4 Å². The first kappa shape index (κ1) is 17.2. The minimum Gasteiger partial charge on any atom is -0.338 e. The molecule has 0 radical (unpaired) electrons. The van der Waals surface area contributed by atoms with Crippen LogP contribution in [0.15, 0.2) is 12.3 Å². The maximum atomic E-state index is 12.3. The highest BCUT2D eigenvalue weighted by molar-refractivity contribution is 7.91. The van der Waals surface area contributed by atoms with E-state index in [9.17, 15) is 13.2 Å². The van der Waals surface area contributed by atoms with Crippen molar-refractivity contribution in [3.05, 3.63) is 28.0 Å². The predicted octanol–water partition coefficient (Wildman–Crippen LogP) is 2.28. The number of carbonyl (C=O) groups excluding carboxylic acids is 1. The molecular formula is C12H16Cl2N2O3S. The maximum Gasteiger partial charge on any atom is 0.255 e. The van der Waals surface area contributed by atoms with Crippen LogP contribution in [0, 0.1) is 0 Å². The molecule has 0 aliphatic heterocycles. The largest absolute Gasteiger partial charge is 0.338 e. The number of halogens is 2. The van der Waals surface area contributed by atoms with Crippen LogP contribution in [-0.4, -0.2) is 48.8 Å². The average Bonchev–Trinajstić information content (AvgIpc) is 2.39. The summed E-state index contributed by atoms with van der Waals surface area (Å²) in [4.78, 5) is 17.4. The summed E-state index contributed by atoms with van der Waals surface area (Å²) in [7, 11) is -1.63. The lowest BCUT2D eigenvalue weighted by molar-refractivity contribution is 0.0757. The van der Waals surface area contributed by atoms with Crippen molar-refractivity contribution in [1.82, 2.24) is 9.88 Å². The summed E-state index contributed by atoms with van der Waals surface area (Å²) < 4.78 is 23.2. The van der Waals surface area contributed by atoms with E-state index in [1.807, 2.05) is 0 Å². The molecule has 0 aliphatic carbocycles. The minimum absolute atomic E-state index is 0.0414. The van der Waals surface area contributed by atoms with Crippen LogP contribution in [0.25, 0.3) is 0 Å². The van der Waals surface area contributed by atoms with Gasteiger partial charge in [0.1, 0.15) is 5.15 Å². The van der Waals surface area contributed by atoms with Crippen LogP contribution in [0.4, 0.5) is 0 Å². The Morgan fingerprint density at radius 2 is 2.05 bits per heavy atom. The number of nitrogens with zero attached hydrogens (tertiary/aromatic N) is 2. The Labute approximate surface area is 128 Å². The van der Waals surface area contributed by atoms with Gasteiger partial charge >= 0.3 is 0 Å². The van der Waals surface area contributed by atoms with E-state index in [1.165, 1.54) is 24.2 Å². The van der Waals surface area contributed by atoms with E-state index < -0.39 is 21.8 Å². The van der Waals surface area contributed by atoms with Crippen LogP contribution in [-0.2, 0) is 9.84 Å². The first-order valence-corrected chi connectivity index (χ1v) is 8.55. The zero-order chi connectivity index (χ0) is 15.5. The van der Waals surface area contributed by atoms with Gasteiger partial charge in [0, 0.05) is 25.0 Å². The second-order valence-corrected chi connectivity index (χ2v) is 7.56. The third kappa shape index (κ3) is 4.07. The van der Waals surface area contributed by atoms with Crippen molar-refractivity contribution in [1.29, 1.82) is 0 Å². The van der Waals surface area contributed by atoms with Crippen LogP contribution >= 0.6 is 23.2 Å². The van der Waals surface area contributed by atoms with Gasteiger partial charge in [-0.15, -0.1) is 0 Å². The molecule has 0 bridgehead atoms. The molecule has 1 amide bonds. The number of hydrogen-bond donors (Lipinski definition) is 0. The lowest BCUT2D eigenvalue weighted by atomic mass is 10.2. The number of pyridine rings is 1. The Morgan fingerprint density at radius 3 is 2.60 bits per heavy atom. The zero-order valence-electron chi connectivity index (χ0n) is 11.4. The molecule has 0 saturated carbocycles. The molecule has 1 heterocycles. The molecule has 0 spiro atoms. The Balaban J connectivity index is 2.94. The number of amides is 1. The van der Waals surface area contributed by atoms with Crippen LogP contribution in [0.5, 0.6) is 0 Å². The quantitative estimate of drug-likeness (QED) is 0.772. The lowest BCUT2D eigenvalue weighted by Gasteiger charge is -2.25. The second kappa shape index (κ2) is 6.74. The summed E-state index contributed by atoms with van der Waals surface area (Å²) in [5, 5.41) is 0.108. The molecule has 1 rings (SSSR count). The molecule has 0 aromatic carbocycles. The van der Waals surface area contributed by atoms with Crippen molar-refractivity contribution >= 4 is 38.9 Å². The van der Waals surface area contributed by atoms with Crippen molar-refractivity contribution in [2.24, 2.45) is 0 Å². The van der Waals surface area contributed by atoms with E-state index in [1.54, 1.807) is 13.8 Å². The highest BCUT2D eigenvalue weighted by Crippen LogP contribution is 2.24. The molecule has 20 heavy (non-hydrogen) atoms. The van der Waals surface area contributed by atoms with Gasteiger partial charge in [0.2, 0.25) is 0 Å². The molecule has 5 nitrogen and oxygen atoms in total. The number of carbonyl (C=O) groups is 1. The molecule has 0 aliphatic rings. The van der Waals surface area contributed by atoms with Crippen LogP contribution in [0.1, 0.15) is 24.2 Å². The summed E-state index contributed by atoms with van der Waals surface area (Å²) in [5.41, 5.74) is 0.204. The first-order valence-electron chi connectivity index (χ1n) is 5.97. The fraction of sp³-hybridized carbons (Fsp3) is 0.500. The Kier molecular flexibility index (Phi) is 5.79. The lowest BCUT2D eigenvalue weighted by Crippen LogP contribution is -2.40. The highest BCUT2D eigenvalue weighted by Gasteiger charge is 2.24. The minimum atomic E-state index is -3.16. The van der Waals surface area contributed by atoms with Crippen LogP contribution < -0.4 is 0 Å². The summed E-state index contributed by atoms with van der Waals surface area (Å²) >= 11 is 11.7. The Hall–Kier alpha value is -0.850. The molecule has 1 atom stereocenters. The third-order valence-corrected chi connectivity index (χ3v) is 5.63. The number of rotatable bonds is 5. The van der Waals surface area contributed by atoms with Gasteiger partial charge in [0.05, 0.1) is 16.3 Å². The predicted molar refractivity (Wildman–Crippen MR) is 80.1 cm³/mol. The molecule has 1 aromatic heterocycles. The van der Waals surface area contributed by atoms with Gasteiger partial charge in [0.25, 0.3) is 5.91 Å². The van der Waals surface area contributed by atoms with Crippen molar-refractivity contribution in [2.75, 3.05) is 18.6 Å². The molecule has 1 unspecified atom stereocenters. The molecule has 0 saturated heterocycles. The number of hydrogen-bond acceptors (Lipinski definition) is 4. The standard InChI is InChI=1S/C12H16Cl2N2O3S/c1-4-20(18,19)7-8(2)16(3)12(17)9-5-6-15-11(14)10(9)13/h5-6,8H,4,7H2,1-3H3. The summed E-state index contributed by atoms with van der Waals surface area (Å²) in [5.74, 6) is -0.443. The van der Waals surface area contributed by atoms with Crippen molar-refractivity contribution < 1.29 is 13.2 Å². The van der Waals surface area contributed by atoms with E-state index in [4.69, 9.17) is 23.2 Å². The van der Waals surface area contributed by atoms with E-state index >= 15 is 0 Å². The highest BCUT2D eigenvalue weighted by atomic mass is 35.5. The maximum absolute atomic E-state index is 12.3. The van der Waals surface area contributed by atoms with E-state index in [-0.39, 0.29) is 27.2 Å². The molecule has 0 fully saturated rings. The zero-order valence-corrected chi connectivity index (χ0v) is 13.8. The van der Waals surface area contributed by atoms with E-state index in [0.29, 0.717) is 0 Å². The summed E-state index contributed by atoms with van der Waals surface area (Å²) in [6.45, 7) is 3.24. The molecule has 0 N–H and O–H groups in total. The van der Waals surface area contributed by atoms with Gasteiger partial charge in [-0.05, 0) is 13.0 Å². The van der Waals surface area contributed by atoms with Crippen molar-refractivity contribution in [3.63, 3.8) is 0 Å².